The van der Waals surface area contributed by atoms with Crippen LogP contribution in [-0.2, 0) is 0 Å². The van der Waals surface area contributed by atoms with Crippen molar-refractivity contribution in [3.05, 3.63) is 72.1 Å². The fraction of sp³-hybridized carbons (Fsp3) is 0. The summed E-state index contributed by atoms with van der Waals surface area (Å²) in [6, 6.07) is 15.8. The van der Waals surface area contributed by atoms with Gasteiger partial charge in [0.25, 0.3) is 0 Å². The zero-order valence-electron chi connectivity index (χ0n) is 13.6. The van der Waals surface area contributed by atoms with E-state index in [1.807, 2.05) is 18.2 Å². The minimum absolute atomic E-state index is 0.208. The molecular weight excluding hydrogens is 330 g/mol. The predicted molar refractivity (Wildman–Crippen MR) is 99.4 cm³/mol. The first kappa shape index (κ1) is 16.8. The number of nitrogens with two attached hydrogens (primary N) is 2. The fourth-order valence-electron chi connectivity index (χ4n) is 2.09. The van der Waals surface area contributed by atoms with Gasteiger partial charge < -0.3 is 16.2 Å². The molecule has 128 valence electrons. The molecule has 0 aliphatic carbocycles. The van der Waals surface area contributed by atoms with Crippen LogP contribution in [0.1, 0.15) is 11.1 Å². The molecule has 0 saturated carbocycles. The van der Waals surface area contributed by atoms with Crippen LogP contribution in [0.3, 0.4) is 0 Å². The molecule has 7 heteroatoms. The van der Waals surface area contributed by atoms with Gasteiger partial charge in [-0.1, -0.05) is 36.1 Å². The van der Waals surface area contributed by atoms with Crippen molar-refractivity contribution < 1.29 is 9.53 Å². The maximum atomic E-state index is 11.9. The van der Waals surface area contributed by atoms with E-state index in [9.17, 15) is 4.79 Å². The molecule has 0 atom stereocenters. The van der Waals surface area contributed by atoms with Crippen molar-refractivity contribution in [2.75, 3.05) is 16.8 Å². The first-order valence-corrected chi connectivity index (χ1v) is 7.64. The molecular formula is C19H15N5O2. The largest absolute Gasteiger partial charge is 0.417 e. The Labute approximate surface area is 150 Å². The van der Waals surface area contributed by atoms with Gasteiger partial charge in [0.1, 0.15) is 29.3 Å². The molecule has 5 N–H and O–H groups in total. The van der Waals surface area contributed by atoms with Gasteiger partial charge in [-0.15, -0.1) is 0 Å². The van der Waals surface area contributed by atoms with Crippen molar-refractivity contribution in [3.8, 4) is 17.6 Å². The van der Waals surface area contributed by atoms with E-state index in [1.54, 1.807) is 36.4 Å². The van der Waals surface area contributed by atoms with Crippen molar-refractivity contribution in [1.82, 2.24) is 9.97 Å². The van der Waals surface area contributed by atoms with Crippen LogP contribution in [0.2, 0.25) is 0 Å². The minimum Gasteiger partial charge on any atom is -0.410 e. The third kappa shape index (κ3) is 4.27. The van der Waals surface area contributed by atoms with Crippen molar-refractivity contribution in [3.63, 3.8) is 0 Å². The summed E-state index contributed by atoms with van der Waals surface area (Å²) in [4.78, 5) is 19.7. The highest BCUT2D eigenvalue weighted by Crippen LogP contribution is 2.16. The van der Waals surface area contributed by atoms with E-state index < -0.39 is 6.09 Å². The number of aromatic nitrogens is 2. The van der Waals surface area contributed by atoms with Gasteiger partial charge in [0.2, 0.25) is 0 Å². The lowest BCUT2D eigenvalue weighted by atomic mass is 10.2. The molecule has 0 aliphatic rings. The van der Waals surface area contributed by atoms with E-state index in [2.05, 4.69) is 27.1 Å². The van der Waals surface area contributed by atoms with Crippen LogP contribution in [0.5, 0.6) is 5.75 Å². The molecule has 0 spiro atoms. The van der Waals surface area contributed by atoms with Gasteiger partial charge in [0.05, 0.1) is 0 Å². The Morgan fingerprint density at radius 1 is 0.962 bits per heavy atom. The Bertz CT molecular complexity index is 973. The Hall–Kier alpha value is -4.05. The highest BCUT2D eigenvalue weighted by atomic mass is 16.6. The predicted octanol–water partition coefficient (Wildman–Crippen LogP) is 2.65. The molecule has 0 unspecified atom stereocenters. The number of amides is 1. The smallest absolute Gasteiger partial charge is 0.410 e. The number of carbonyl (C=O) groups is 1. The number of hydrogen-bond donors (Lipinski definition) is 3. The van der Waals surface area contributed by atoms with Gasteiger partial charge in [0, 0.05) is 11.3 Å². The average Bonchev–Trinajstić information content (AvgIpc) is 2.62. The summed E-state index contributed by atoms with van der Waals surface area (Å²) in [5, 5.41) is 2.64. The molecule has 1 aromatic heterocycles. The summed E-state index contributed by atoms with van der Waals surface area (Å²) >= 11 is 0. The van der Waals surface area contributed by atoms with Crippen molar-refractivity contribution >= 4 is 23.4 Å². The summed E-state index contributed by atoms with van der Waals surface area (Å²) in [6.45, 7) is 0. The highest BCUT2D eigenvalue weighted by Gasteiger charge is 2.06. The number of anilines is 3. The number of nitrogens with zero attached hydrogens (tertiary/aromatic N) is 2. The number of hydrogen-bond acceptors (Lipinski definition) is 6. The minimum atomic E-state index is -0.591. The Balaban J connectivity index is 1.73. The molecule has 0 radical (unpaired) electrons. The number of carbonyl (C=O) groups excluding carboxylic acids is 1. The van der Waals surface area contributed by atoms with Gasteiger partial charge in [0.15, 0.2) is 0 Å². The van der Waals surface area contributed by atoms with Gasteiger partial charge in [-0.2, -0.15) is 0 Å². The van der Waals surface area contributed by atoms with Gasteiger partial charge in [-0.3, -0.25) is 5.32 Å². The summed E-state index contributed by atoms with van der Waals surface area (Å²) < 4.78 is 5.27. The lowest BCUT2D eigenvalue weighted by Crippen LogP contribution is -2.16. The summed E-state index contributed by atoms with van der Waals surface area (Å²) in [6.07, 6.45) is 0.682. The monoisotopic (exact) mass is 345 g/mol. The number of para-hydroxylation sites is 1. The molecule has 0 bridgehead atoms. The first-order chi connectivity index (χ1) is 12.6. The van der Waals surface area contributed by atoms with E-state index in [1.165, 1.54) is 6.33 Å². The van der Waals surface area contributed by atoms with Crippen LogP contribution in [0.4, 0.5) is 22.1 Å². The summed E-state index contributed by atoms with van der Waals surface area (Å²) in [7, 11) is 0. The number of rotatable bonds is 2. The summed E-state index contributed by atoms with van der Waals surface area (Å²) in [5.41, 5.74) is 13.1. The quantitative estimate of drug-likeness (QED) is 0.615. The molecule has 1 amide bonds. The van der Waals surface area contributed by atoms with E-state index in [-0.39, 0.29) is 11.6 Å². The van der Waals surface area contributed by atoms with Crippen molar-refractivity contribution in [1.29, 1.82) is 0 Å². The van der Waals surface area contributed by atoms with Gasteiger partial charge in [-0.05, 0) is 30.3 Å². The molecule has 26 heavy (non-hydrogen) atoms. The lowest BCUT2D eigenvalue weighted by molar-refractivity contribution is 0.215. The number of ether oxygens (including phenoxy) is 1. The van der Waals surface area contributed by atoms with Gasteiger partial charge >= 0.3 is 6.09 Å². The Morgan fingerprint density at radius 2 is 1.69 bits per heavy atom. The third-order valence-electron chi connectivity index (χ3n) is 3.30. The SMILES string of the molecule is Nc1ncnc(N)c1C#Cc1cccc(OC(=O)Nc2ccccc2)c1. The van der Waals surface area contributed by atoms with E-state index in [0.29, 0.717) is 22.6 Å². The molecule has 0 saturated heterocycles. The zero-order chi connectivity index (χ0) is 18.4. The molecule has 0 aliphatic heterocycles. The maximum absolute atomic E-state index is 11.9. The van der Waals surface area contributed by atoms with E-state index >= 15 is 0 Å². The second-order valence-corrected chi connectivity index (χ2v) is 5.18. The number of nitrogen functional groups attached to an aromatic ring is 2. The Morgan fingerprint density at radius 3 is 2.42 bits per heavy atom. The number of benzene rings is 2. The molecule has 1 heterocycles. The van der Waals surface area contributed by atoms with E-state index in [0.717, 1.165) is 0 Å². The summed E-state index contributed by atoms with van der Waals surface area (Å²) in [5.74, 6) is 6.51. The van der Waals surface area contributed by atoms with Gasteiger partial charge in [-0.25, -0.2) is 14.8 Å². The van der Waals surface area contributed by atoms with Crippen LogP contribution >= 0.6 is 0 Å². The van der Waals surface area contributed by atoms with Crippen LogP contribution in [0, 0.1) is 11.8 Å². The molecule has 2 aromatic carbocycles. The van der Waals surface area contributed by atoms with Crippen LogP contribution in [-0.4, -0.2) is 16.1 Å². The Kier molecular flexibility index (Phi) is 4.96. The molecule has 3 aromatic rings. The fourth-order valence-corrected chi connectivity index (χ4v) is 2.09. The average molecular weight is 345 g/mol. The molecule has 7 nitrogen and oxygen atoms in total. The van der Waals surface area contributed by atoms with Crippen molar-refractivity contribution in [2.24, 2.45) is 0 Å². The number of nitrogens with one attached hydrogen (secondary N) is 1. The van der Waals surface area contributed by atoms with Crippen molar-refractivity contribution in [2.45, 2.75) is 0 Å². The van der Waals surface area contributed by atoms with Crippen LogP contribution in [0.15, 0.2) is 60.9 Å². The normalized spacial score (nSPS) is 9.69. The highest BCUT2D eigenvalue weighted by molar-refractivity contribution is 5.86. The molecule has 0 fully saturated rings. The standard InChI is InChI=1S/C19H15N5O2/c20-17-16(18(21)23-12-22-17)10-9-13-5-4-8-15(11-13)26-19(25)24-14-6-2-1-3-7-14/h1-8,11-12H,(H,24,25)(H4,20,21,22,23). The first-order valence-electron chi connectivity index (χ1n) is 7.64. The van der Waals surface area contributed by atoms with Crippen LogP contribution < -0.4 is 21.5 Å². The lowest BCUT2D eigenvalue weighted by Gasteiger charge is -2.06. The third-order valence-corrected chi connectivity index (χ3v) is 3.30. The zero-order valence-corrected chi connectivity index (χ0v) is 13.6. The van der Waals surface area contributed by atoms with E-state index in [4.69, 9.17) is 16.2 Å². The maximum Gasteiger partial charge on any atom is 0.417 e. The second-order valence-electron chi connectivity index (χ2n) is 5.18. The van der Waals surface area contributed by atoms with Crippen LogP contribution in [0.25, 0.3) is 0 Å². The molecule has 3 rings (SSSR count). The topological polar surface area (TPSA) is 116 Å². The second kappa shape index (κ2) is 7.68.